The molecule has 17 heavy (non-hydrogen) atoms. The number of phenols is 1. The van der Waals surface area contributed by atoms with Crippen LogP contribution in [0.5, 0.6) is 5.75 Å². The Balaban J connectivity index is 2.43. The van der Waals surface area contributed by atoms with Crippen molar-refractivity contribution >= 4 is 33.3 Å². The highest BCUT2D eigenvalue weighted by atomic mass is 79.9. The topological polar surface area (TPSA) is 37.3 Å². The molecule has 0 saturated heterocycles. The van der Waals surface area contributed by atoms with Crippen molar-refractivity contribution in [3.05, 3.63) is 63.1 Å². The minimum atomic E-state index is -0.252. The van der Waals surface area contributed by atoms with Crippen LogP contribution < -0.4 is 0 Å². The molecule has 0 aromatic heterocycles. The Labute approximate surface area is 112 Å². The molecule has 0 amide bonds. The monoisotopic (exact) mass is 310 g/mol. The first kappa shape index (κ1) is 12.1. The van der Waals surface area contributed by atoms with E-state index in [2.05, 4.69) is 15.9 Å². The van der Waals surface area contributed by atoms with E-state index in [1.165, 1.54) is 18.2 Å². The highest BCUT2D eigenvalue weighted by Gasteiger charge is 2.13. The van der Waals surface area contributed by atoms with Crippen molar-refractivity contribution in [3.8, 4) is 5.75 Å². The molecule has 0 aliphatic heterocycles. The van der Waals surface area contributed by atoms with E-state index in [1.54, 1.807) is 24.3 Å². The van der Waals surface area contributed by atoms with E-state index in [1.807, 2.05) is 0 Å². The van der Waals surface area contributed by atoms with E-state index >= 15 is 0 Å². The molecule has 0 aliphatic rings. The van der Waals surface area contributed by atoms with Gasteiger partial charge < -0.3 is 5.11 Å². The largest absolute Gasteiger partial charge is 0.507 e. The fourth-order valence-corrected chi connectivity index (χ4v) is 1.88. The summed E-state index contributed by atoms with van der Waals surface area (Å²) in [5.41, 5.74) is 0.714. The van der Waals surface area contributed by atoms with Gasteiger partial charge in [0, 0.05) is 15.1 Å². The van der Waals surface area contributed by atoms with Crippen LogP contribution in [-0.2, 0) is 0 Å². The van der Waals surface area contributed by atoms with Crippen LogP contribution in [-0.4, -0.2) is 10.9 Å². The molecule has 0 bridgehead atoms. The minimum Gasteiger partial charge on any atom is -0.507 e. The molecule has 0 saturated carbocycles. The smallest absolute Gasteiger partial charge is 0.196 e. The number of hydrogen-bond acceptors (Lipinski definition) is 2. The van der Waals surface area contributed by atoms with Gasteiger partial charge in [0.2, 0.25) is 0 Å². The van der Waals surface area contributed by atoms with E-state index in [0.29, 0.717) is 10.6 Å². The summed E-state index contributed by atoms with van der Waals surface area (Å²) in [6.07, 6.45) is 0. The van der Waals surface area contributed by atoms with Crippen LogP contribution >= 0.6 is 27.5 Å². The molecular weight excluding hydrogens is 303 g/mol. The fraction of sp³-hybridized carbons (Fsp3) is 0. The number of phenolic OH excluding ortho intramolecular Hbond substituents is 1. The molecule has 2 aromatic carbocycles. The highest BCUT2D eigenvalue weighted by molar-refractivity contribution is 9.10. The number of benzene rings is 2. The lowest BCUT2D eigenvalue weighted by Gasteiger charge is -2.04. The van der Waals surface area contributed by atoms with Gasteiger partial charge in [-0.05, 0) is 42.5 Å². The van der Waals surface area contributed by atoms with Gasteiger partial charge in [-0.2, -0.15) is 0 Å². The van der Waals surface area contributed by atoms with Crippen LogP contribution in [0.2, 0.25) is 5.02 Å². The Morgan fingerprint density at radius 2 is 1.76 bits per heavy atom. The quantitative estimate of drug-likeness (QED) is 0.850. The zero-order valence-corrected chi connectivity index (χ0v) is 11.0. The molecule has 86 valence electrons. The van der Waals surface area contributed by atoms with Crippen molar-refractivity contribution in [1.29, 1.82) is 0 Å². The summed E-state index contributed by atoms with van der Waals surface area (Å²) in [6.45, 7) is 0. The summed E-state index contributed by atoms with van der Waals surface area (Å²) >= 11 is 9.10. The lowest BCUT2D eigenvalue weighted by molar-refractivity contribution is 0.103. The first-order valence-electron chi connectivity index (χ1n) is 4.87. The zero-order chi connectivity index (χ0) is 12.4. The number of carbonyl (C=O) groups excluding carboxylic acids is 1. The van der Waals surface area contributed by atoms with Gasteiger partial charge in [0.1, 0.15) is 5.75 Å². The summed E-state index contributed by atoms with van der Waals surface area (Å²) in [6, 6.07) is 11.3. The number of aromatic hydroxyl groups is 1. The molecule has 1 N–H and O–H groups in total. The average Bonchev–Trinajstić information content (AvgIpc) is 2.32. The second-order valence-corrected chi connectivity index (χ2v) is 4.85. The van der Waals surface area contributed by atoms with Gasteiger partial charge in [-0.25, -0.2) is 0 Å². The van der Waals surface area contributed by atoms with E-state index < -0.39 is 0 Å². The molecule has 0 fully saturated rings. The highest BCUT2D eigenvalue weighted by Crippen LogP contribution is 2.24. The Morgan fingerprint density at radius 1 is 1.12 bits per heavy atom. The number of ketones is 1. The Morgan fingerprint density at radius 3 is 2.41 bits per heavy atom. The maximum absolute atomic E-state index is 12.1. The molecule has 2 rings (SSSR count). The average molecular weight is 312 g/mol. The summed E-state index contributed by atoms with van der Waals surface area (Å²) in [5, 5.41) is 10.1. The van der Waals surface area contributed by atoms with Gasteiger partial charge >= 0.3 is 0 Å². The van der Waals surface area contributed by atoms with E-state index in [-0.39, 0.29) is 17.1 Å². The van der Waals surface area contributed by atoms with E-state index in [0.717, 1.165) is 4.47 Å². The second kappa shape index (κ2) is 4.90. The first-order valence-corrected chi connectivity index (χ1v) is 6.04. The van der Waals surface area contributed by atoms with Crippen LogP contribution in [0.4, 0.5) is 0 Å². The summed E-state index contributed by atoms with van der Waals surface area (Å²) < 4.78 is 0.893. The second-order valence-electron chi connectivity index (χ2n) is 3.50. The Kier molecular flexibility index (Phi) is 3.50. The maximum atomic E-state index is 12.1. The van der Waals surface area contributed by atoms with E-state index in [9.17, 15) is 9.90 Å². The Hall–Kier alpha value is -1.32. The third kappa shape index (κ3) is 2.68. The third-order valence-corrected chi connectivity index (χ3v) is 3.07. The van der Waals surface area contributed by atoms with Crippen LogP contribution in [0, 0.1) is 0 Å². The van der Waals surface area contributed by atoms with Crippen molar-refractivity contribution < 1.29 is 9.90 Å². The number of carbonyl (C=O) groups is 1. The summed E-state index contributed by atoms with van der Waals surface area (Å²) in [4.78, 5) is 12.1. The number of hydrogen-bond donors (Lipinski definition) is 1. The molecule has 4 heteroatoms. The normalized spacial score (nSPS) is 10.2. The van der Waals surface area contributed by atoms with Gasteiger partial charge in [0.05, 0.1) is 5.56 Å². The molecule has 0 spiro atoms. The molecule has 0 radical (unpaired) electrons. The lowest BCUT2D eigenvalue weighted by Crippen LogP contribution is -2.01. The maximum Gasteiger partial charge on any atom is 0.196 e. The molecule has 0 unspecified atom stereocenters. The first-order chi connectivity index (χ1) is 8.08. The minimum absolute atomic E-state index is 0.0673. The van der Waals surface area contributed by atoms with Gasteiger partial charge in [0.15, 0.2) is 5.78 Å². The van der Waals surface area contributed by atoms with Crippen molar-refractivity contribution in [2.45, 2.75) is 0 Å². The van der Waals surface area contributed by atoms with Crippen LogP contribution in [0.1, 0.15) is 15.9 Å². The standard InChI is InChI=1S/C13H8BrClO2/c14-9-3-1-8(2-4-9)13(17)11-7-10(15)5-6-12(11)16/h1-7,16H. The predicted molar refractivity (Wildman–Crippen MR) is 70.7 cm³/mol. The van der Waals surface area contributed by atoms with Crippen molar-refractivity contribution in [1.82, 2.24) is 0 Å². The van der Waals surface area contributed by atoms with Crippen molar-refractivity contribution in [3.63, 3.8) is 0 Å². The van der Waals surface area contributed by atoms with Crippen molar-refractivity contribution in [2.24, 2.45) is 0 Å². The molecule has 0 heterocycles. The Bertz CT molecular complexity index is 564. The zero-order valence-electron chi connectivity index (χ0n) is 8.65. The van der Waals surface area contributed by atoms with Gasteiger partial charge in [-0.15, -0.1) is 0 Å². The van der Waals surface area contributed by atoms with Gasteiger partial charge in [0.25, 0.3) is 0 Å². The van der Waals surface area contributed by atoms with Crippen LogP contribution in [0.3, 0.4) is 0 Å². The third-order valence-electron chi connectivity index (χ3n) is 2.31. The fourth-order valence-electron chi connectivity index (χ4n) is 1.45. The molecular formula is C13H8BrClO2. The van der Waals surface area contributed by atoms with Gasteiger partial charge in [-0.3, -0.25) is 4.79 Å². The van der Waals surface area contributed by atoms with Crippen LogP contribution in [0.25, 0.3) is 0 Å². The van der Waals surface area contributed by atoms with Gasteiger partial charge in [-0.1, -0.05) is 27.5 Å². The van der Waals surface area contributed by atoms with Crippen LogP contribution in [0.15, 0.2) is 46.9 Å². The summed E-state index contributed by atoms with van der Waals surface area (Å²) in [7, 11) is 0. The van der Waals surface area contributed by atoms with Crippen molar-refractivity contribution in [2.75, 3.05) is 0 Å². The molecule has 2 nitrogen and oxygen atoms in total. The summed E-state index contributed by atoms with van der Waals surface area (Å²) in [5.74, 6) is -0.320. The molecule has 0 atom stereocenters. The number of rotatable bonds is 2. The predicted octanol–water partition coefficient (Wildman–Crippen LogP) is 4.04. The number of halogens is 2. The lowest BCUT2D eigenvalue weighted by atomic mass is 10.0. The van der Waals surface area contributed by atoms with E-state index in [4.69, 9.17) is 11.6 Å². The SMILES string of the molecule is O=C(c1ccc(Br)cc1)c1cc(Cl)ccc1O. The molecule has 0 aliphatic carbocycles. The molecule has 2 aromatic rings.